The minimum absolute atomic E-state index is 0.891. The lowest BCUT2D eigenvalue weighted by molar-refractivity contribution is 0.670. The molecule has 0 aliphatic heterocycles. The third kappa shape index (κ3) is 1.90. The highest BCUT2D eigenvalue weighted by Crippen LogP contribution is 2.40. The van der Waals surface area contributed by atoms with E-state index in [9.17, 15) is 0 Å². The molecule has 0 atom stereocenters. The quantitative estimate of drug-likeness (QED) is 0.385. The summed E-state index contributed by atoms with van der Waals surface area (Å²) in [5.41, 5.74) is 5.94. The highest BCUT2D eigenvalue weighted by atomic mass is 32.1. The fourth-order valence-corrected chi connectivity index (χ4v) is 4.18. The van der Waals surface area contributed by atoms with E-state index in [4.69, 9.17) is 4.42 Å². The van der Waals surface area contributed by atoms with Gasteiger partial charge in [-0.3, -0.25) is 4.98 Å². The topological polar surface area (TPSA) is 38.9 Å². The summed E-state index contributed by atoms with van der Waals surface area (Å²) < 4.78 is 7.42. The summed E-state index contributed by atoms with van der Waals surface area (Å²) in [5.74, 6) is 0. The van der Waals surface area contributed by atoms with E-state index in [0.29, 0.717) is 0 Å². The zero-order chi connectivity index (χ0) is 16.3. The standard InChI is InChI=1S/C20H14N2OS/c1-11-6-7-15(21-10-11)13-4-3-5-14-18-17(23-19(13)14)9-8-16-20(18)24-12(2)22-16/h3-10H,1-2H3. The first-order valence-electron chi connectivity index (χ1n) is 7.85. The number of pyridine rings is 1. The van der Waals surface area contributed by atoms with E-state index in [0.717, 1.165) is 49.3 Å². The van der Waals surface area contributed by atoms with Crippen LogP contribution in [0, 0.1) is 13.8 Å². The van der Waals surface area contributed by atoms with Crippen molar-refractivity contribution in [1.29, 1.82) is 0 Å². The normalized spacial score (nSPS) is 11.8. The number of furan rings is 1. The fraction of sp³-hybridized carbons (Fsp3) is 0.100. The van der Waals surface area contributed by atoms with Gasteiger partial charge < -0.3 is 4.42 Å². The Kier molecular flexibility index (Phi) is 2.79. The molecule has 24 heavy (non-hydrogen) atoms. The number of rotatable bonds is 1. The lowest BCUT2D eigenvalue weighted by Crippen LogP contribution is -1.84. The summed E-state index contributed by atoms with van der Waals surface area (Å²) in [7, 11) is 0. The van der Waals surface area contributed by atoms with Gasteiger partial charge in [-0.1, -0.05) is 18.2 Å². The maximum Gasteiger partial charge on any atom is 0.144 e. The van der Waals surface area contributed by atoms with Crippen LogP contribution < -0.4 is 0 Å². The van der Waals surface area contributed by atoms with Gasteiger partial charge in [-0.05, 0) is 43.7 Å². The largest absolute Gasteiger partial charge is 0.455 e. The van der Waals surface area contributed by atoms with Crippen LogP contribution in [-0.4, -0.2) is 9.97 Å². The van der Waals surface area contributed by atoms with Crippen LogP contribution in [-0.2, 0) is 0 Å². The van der Waals surface area contributed by atoms with Crippen molar-refractivity contribution in [3.63, 3.8) is 0 Å². The number of benzene rings is 2. The van der Waals surface area contributed by atoms with Gasteiger partial charge in [-0.15, -0.1) is 11.3 Å². The van der Waals surface area contributed by atoms with Crippen LogP contribution in [0.5, 0.6) is 0 Å². The lowest BCUT2D eigenvalue weighted by Gasteiger charge is -2.02. The van der Waals surface area contributed by atoms with Crippen LogP contribution >= 0.6 is 11.3 Å². The molecule has 0 fully saturated rings. The Morgan fingerprint density at radius 2 is 1.92 bits per heavy atom. The third-order valence-corrected chi connectivity index (χ3v) is 5.31. The number of hydrogen-bond acceptors (Lipinski definition) is 4. The first-order chi connectivity index (χ1) is 11.7. The van der Waals surface area contributed by atoms with Crippen molar-refractivity contribution in [2.75, 3.05) is 0 Å². The van der Waals surface area contributed by atoms with Crippen LogP contribution in [0.15, 0.2) is 53.1 Å². The van der Waals surface area contributed by atoms with Crippen molar-refractivity contribution in [2.24, 2.45) is 0 Å². The monoisotopic (exact) mass is 330 g/mol. The number of thiazole rings is 1. The molecule has 0 amide bonds. The van der Waals surface area contributed by atoms with Gasteiger partial charge in [-0.25, -0.2) is 4.98 Å². The second-order valence-corrected chi connectivity index (χ2v) is 7.23. The van der Waals surface area contributed by atoms with Gasteiger partial charge in [0, 0.05) is 22.5 Å². The second kappa shape index (κ2) is 4.89. The first kappa shape index (κ1) is 13.7. The third-order valence-electron chi connectivity index (χ3n) is 4.31. The molecule has 5 rings (SSSR count). The molecule has 3 nitrogen and oxygen atoms in total. The Morgan fingerprint density at radius 3 is 2.75 bits per heavy atom. The molecule has 0 saturated carbocycles. The van der Waals surface area contributed by atoms with Crippen LogP contribution in [0.25, 0.3) is 43.4 Å². The minimum Gasteiger partial charge on any atom is -0.455 e. The number of hydrogen-bond donors (Lipinski definition) is 0. The summed E-state index contributed by atoms with van der Waals surface area (Å²) in [5, 5.41) is 3.35. The molecule has 4 heteroatoms. The molecule has 0 saturated heterocycles. The Hall–Kier alpha value is -2.72. The molecule has 5 aromatic rings. The van der Waals surface area contributed by atoms with Gasteiger partial charge in [0.1, 0.15) is 11.2 Å². The van der Waals surface area contributed by atoms with E-state index in [2.05, 4.69) is 34.2 Å². The van der Waals surface area contributed by atoms with Crippen LogP contribution in [0.2, 0.25) is 0 Å². The number of nitrogens with zero attached hydrogens (tertiary/aromatic N) is 2. The molecule has 0 aliphatic rings. The number of fused-ring (bicyclic) bond motifs is 5. The maximum absolute atomic E-state index is 6.22. The average Bonchev–Trinajstić information content (AvgIpc) is 3.14. The Labute approximate surface area is 142 Å². The van der Waals surface area contributed by atoms with Crippen molar-refractivity contribution >= 4 is 43.5 Å². The number of aryl methyl sites for hydroxylation is 2. The average molecular weight is 330 g/mol. The highest BCUT2D eigenvalue weighted by Gasteiger charge is 2.16. The van der Waals surface area contributed by atoms with E-state index < -0.39 is 0 Å². The predicted octanol–water partition coefficient (Wildman–Crippen LogP) is 5.87. The van der Waals surface area contributed by atoms with E-state index in [1.807, 2.05) is 38.2 Å². The van der Waals surface area contributed by atoms with Gasteiger partial charge in [0.25, 0.3) is 0 Å². The van der Waals surface area contributed by atoms with Gasteiger partial charge in [-0.2, -0.15) is 0 Å². The molecule has 0 aliphatic carbocycles. The van der Waals surface area contributed by atoms with Gasteiger partial charge in [0.15, 0.2) is 0 Å². The lowest BCUT2D eigenvalue weighted by atomic mass is 10.1. The zero-order valence-corrected chi connectivity index (χ0v) is 14.1. The van der Waals surface area contributed by atoms with Crippen LogP contribution in [0.4, 0.5) is 0 Å². The molecular formula is C20H14N2OS. The summed E-state index contributed by atoms with van der Waals surface area (Å²) in [6.45, 7) is 4.09. The molecule has 116 valence electrons. The number of para-hydroxylation sites is 1. The molecular weight excluding hydrogens is 316 g/mol. The summed E-state index contributed by atoms with van der Waals surface area (Å²) >= 11 is 1.72. The van der Waals surface area contributed by atoms with Gasteiger partial charge >= 0.3 is 0 Å². The molecule has 0 unspecified atom stereocenters. The minimum atomic E-state index is 0.891. The van der Waals surface area contributed by atoms with Gasteiger partial charge in [0.2, 0.25) is 0 Å². The molecule has 3 heterocycles. The Balaban J connectivity index is 1.91. The van der Waals surface area contributed by atoms with Crippen molar-refractivity contribution in [3.05, 3.63) is 59.2 Å². The Morgan fingerprint density at radius 1 is 1.00 bits per heavy atom. The molecule has 0 N–H and O–H groups in total. The Bertz CT molecular complexity index is 1220. The summed E-state index contributed by atoms with van der Waals surface area (Å²) in [6.07, 6.45) is 1.89. The second-order valence-electron chi connectivity index (χ2n) is 6.02. The summed E-state index contributed by atoms with van der Waals surface area (Å²) in [6, 6.07) is 14.4. The smallest absolute Gasteiger partial charge is 0.144 e. The fourth-order valence-electron chi connectivity index (χ4n) is 3.21. The van der Waals surface area contributed by atoms with Crippen molar-refractivity contribution < 1.29 is 4.42 Å². The highest BCUT2D eigenvalue weighted by molar-refractivity contribution is 7.19. The predicted molar refractivity (Wildman–Crippen MR) is 99.6 cm³/mol. The van der Waals surface area contributed by atoms with E-state index >= 15 is 0 Å². The molecule has 0 spiro atoms. The molecule has 2 aromatic carbocycles. The van der Waals surface area contributed by atoms with Crippen LogP contribution in [0.3, 0.4) is 0 Å². The zero-order valence-electron chi connectivity index (χ0n) is 13.3. The van der Waals surface area contributed by atoms with Crippen LogP contribution in [0.1, 0.15) is 10.6 Å². The SMILES string of the molecule is Cc1ccc(-c2cccc3c2oc2ccc4nc(C)sc4c23)nc1. The maximum atomic E-state index is 6.22. The van der Waals surface area contributed by atoms with Gasteiger partial charge in [0.05, 0.1) is 20.9 Å². The molecule has 3 aromatic heterocycles. The number of aromatic nitrogens is 2. The molecule has 0 bridgehead atoms. The van der Waals surface area contributed by atoms with E-state index in [-0.39, 0.29) is 0 Å². The first-order valence-corrected chi connectivity index (χ1v) is 8.67. The molecule has 0 radical (unpaired) electrons. The van der Waals surface area contributed by atoms with Crippen molar-refractivity contribution in [2.45, 2.75) is 13.8 Å². The van der Waals surface area contributed by atoms with Crippen molar-refractivity contribution in [1.82, 2.24) is 9.97 Å². The van der Waals surface area contributed by atoms with E-state index in [1.165, 1.54) is 4.70 Å². The van der Waals surface area contributed by atoms with Crippen molar-refractivity contribution in [3.8, 4) is 11.3 Å². The van der Waals surface area contributed by atoms with E-state index in [1.54, 1.807) is 11.3 Å². The summed E-state index contributed by atoms with van der Waals surface area (Å²) in [4.78, 5) is 9.17.